The van der Waals surface area contributed by atoms with Gasteiger partial charge in [0.1, 0.15) is 6.04 Å². The SMILES string of the molecule is CCc1nnc(CSCC(N)C(=O)O)o1. The molecule has 0 fully saturated rings. The van der Waals surface area contributed by atoms with E-state index in [1.54, 1.807) is 0 Å². The van der Waals surface area contributed by atoms with E-state index in [0.29, 0.717) is 29.7 Å². The predicted molar refractivity (Wildman–Crippen MR) is 55.4 cm³/mol. The highest BCUT2D eigenvalue weighted by Gasteiger charge is 2.12. The normalized spacial score (nSPS) is 12.7. The minimum atomic E-state index is -0.998. The fourth-order valence-corrected chi connectivity index (χ4v) is 1.64. The number of aromatic nitrogens is 2. The van der Waals surface area contributed by atoms with Gasteiger partial charge in [-0.15, -0.1) is 22.0 Å². The molecule has 1 atom stereocenters. The van der Waals surface area contributed by atoms with Crippen molar-refractivity contribution in [3.63, 3.8) is 0 Å². The third-order valence-corrected chi connectivity index (χ3v) is 2.70. The molecule has 1 heterocycles. The molecule has 15 heavy (non-hydrogen) atoms. The van der Waals surface area contributed by atoms with E-state index in [1.165, 1.54) is 11.8 Å². The molecule has 1 rings (SSSR count). The second-order valence-electron chi connectivity index (χ2n) is 2.90. The highest BCUT2D eigenvalue weighted by Crippen LogP contribution is 2.11. The molecule has 0 spiro atoms. The summed E-state index contributed by atoms with van der Waals surface area (Å²) >= 11 is 1.36. The van der Waals surface area contributed by atoms with Crippen molar-refractivity contribution < 1.29 is 14.3 Å². The summed E-state index contributed by atoms with van der Waals surface area (Å²) in [4.78, 5) is 10.4. The van der Waals surface area contributed by atoms with E-state index in [0.717, 1.165) is 0 Å². The van der Waals surface area contributed by atoms with Gasteiger partial charge in [-0.1, -0.05) is 6.92 Å². The number of carbonyl (C=O) groups is 1. The third kappa shape index (κ3) is 3.88. The number of hydrogen-bond donors (Lipinski definition) is 2. The van der Waals surface area contributed by atoms with Gasteiger partial charge in [0, 0.05) is 12.2 Å². The second kappa shape index (κ2) is 5.72. The van der Waals surface area contributed by atoms with E-state index >= 15 is 0 Å². The van der Waals surface area contributed by atoms with Crippen LogP contribution in [0.1, 0.15) is 18.7 Å². The van der Waals surface area contributed by atoms with Gasteiger partial charge >= 0.3 is 5.97 Å². The average molecular weight is 231 g/mol. The molecule has 3 N–H and O–H groups in total. The summed E-state index contributed by atoms with van der Waals surface area (Å²) in [5.41, 5.74) is 5.32. The Bertz CT molecular complexity index is 329. The number of aryl methyl sites for hydroxylation is 1. The van der Waals surface area contributed by atoms with Crippen LogP contribution in [0.3, 0.4) is 0 Å². The van der Waals surface area contributed by atoms with E-state index in [-0.39, 0.29) is 0 Å². The maximum Gasteiger partial charge on any atom is 0.321 e. The number of thioether (sulfide) groups is 1. The Kier molecular flexibility index (Phi) is 4.57. The van der Waals surface area contributed by atoms with Crippen LogP contribution in [-0.2, 0) is 17.0 Å². The first-order valence-corrected chi connectivity index (χ1v) is 5.66. The quantitative estimate of drug-likeness (QED) is 0.724. The maximum atomic E-state index is 10.4. The van der Waals surface area contributed by atoms with Crippen molar-refractivity contribution in [1.29, 1.82) is 0 Å². The van der Waals surface area contributed by atoms with Crippen LogP contribution in [0.2, 0.25) is 0 Å². The summed E-state index contributed by atoms with van der Waals surface area (Å²) < 4.78 is 5.24. The molecule has 1 unspecified atom stereocenters. The number of nitrogens with zero attached hydrogens (tertiary/aromatic N) is 2. The van der Waals surface area contributed by atoms with Crippen LogP contribution in [0.5, 0.6) is 0 Å². The van der Waals surface area contributed by atoms with E-state index in [2.05, 4.69) is 10.2 Å². The van der Waals surface area contributed by atoms with E-state index in [9.17, 15) is 4.79 Å². The Labute approximate surface area is 91.2 Å². The first-order chi connectivity index (χ1) is 7.13. The van der Waals surface area contributed by atoms with Gasteiger partial charge in [-0.05, 0) is 0 Å². The monoisotopic (exact) mass is 231 g/mol. The van der Waals surface area contributed by atoms with Gasteiger partial charge in [0.2, 0.25) is 11.8 Å². The fourth-order valence-electron chi connectivity index (χ4n) is 0.834. The lowest BCUT2D eigenvalue weighted by Crippen LogP contribution is -2.32. The van der Waals surface area contributed by atoms with Crippen LogP contribution in [0.15, 0.2) is 4.42 Å². The van der Waals surface area contributed by atoms with Gasteiger partial charge in [0.15, 0.2) is 0 Å². The molecule has 7 heteroatoms. The lowest BCUT2D eigenvalue weighted by molar-refractivity contribution is -0.137. The molecular weight excluding hydrogens is 218 g/mol. The molecule has 0 saturated heterocycles. The fraction of sp³-hybridized carbons (Fsp3) is 0.625. The van der Waals surface area contributed by atoms with Crippen molar-refractivity contribution in [1.82, 2.24) is 10.2 Å². The largest absolute Gasteiger partial charge is 0.480 e. The van der Waals surface area contributed by atoms with Crippen molar-refractivity contribution in [2.45, 2.75) is 25.1 Å². The topological polar surface area (TPSA) is 102 Å². The summed E-state index contributed by atoms with van der Waals surface area (Å²) in [5.74, 6) is 0.928. The lowest BCUT2D eigenvalue weighted by atomic mass is 10.4. The Balaban J connectivity index is 2.28. The minimum Gasteiger partial charge on any atom is -0.480 e. The summed E-state index contributed by atoms with van der Waals surface area (Å²) in [6.45, 7) is 1.92. The summed E-state index contributed by atoms with van der Waals surface area (Å²) in [5, 5.41) is 16.1. The summed E-state index contributed by atoms with van der Waals surface area (Å²) in [7, 11) is 0. The average Bonchev–Trinajstić information content (AvgIpc) is 2.65. The second-order valence-corrected chi connectivity index (χ2v) is 3.93. The summed E-state index contributed by atoms with van der Waals surface area (Å²) in [6.07, 6.45) is 0.701. The van der Waals surface area contributed by atoms with Crippen molar-refractivity contribution in [3.05, 3.63) is 11.8 Å². The Morgan fingerprint density at radius 2 is 2.27 bits per heavy atom. The Morgan fingerprint density at radius 1 is 1.60 bits per heavy atom. The van der Waals surface area contributed by atoms with Gasteiger partial charge < -0.3 is 15.3 Å². The highest BCUT2D eigenvalue weighted by molar-refractivity contribution is 7.98. The van der Waals surface area contributed by atoms with Crippen LogP contribution in [0.25, 0.3) is 0 Å². The molecule has 84 valence electrons. The van der Waals surface area contributed by atoms with Crippen LogP contribution in [0, 0.1) is 0 Å². The first-order valence-electron chi connectivity index (χ1n) is 4.51. The molecule has 0 radical (unpaired) electrons. The number of carboxylic acids is 1. The van der Waals surface area contributed by atoms with Crippen LogP contribution in [-0.4, -0.2) is 33.1 Å². The molecule has 0 aliphatic rings. The van der Waals surface area contributed by atoms with Gasteiger partial charge in [0.05, 0.1) is 5.75 Å². The number of aliphatic carboxylic acids is 1. The molecule has 1 aromatic heterocycles. The lowest BCUT2D eigenvalue weighted by Gasteiger charge is -2.03. The number of nitrogens with two attached hydrogens (primary N) is 1. The molecule has 0 saturated carbocycles. The molecule has 0 amide bonds. The number of hydrogen-bond acceptors (Lipinski definition) is 6. The molecule has 1 aromatic rings. The molecule has 0 aromatic carbocycles. The molecule has 0 bridgehead atoms. The van der Waals surface area contributed by atoms with Crippen LogP contribution in [0.4, 0.5) is 0 Å². The van der Waals surface area contributed by atoms with Crippen LogP contribution < -0.4 is 5.73 Å². The molecular formula is C8H13N3O3S. The van der Waals surface area contributed by atoms with Crippen molar-refractivity contribution in [3.8, 4) is 0 Å². The smallest absolute Gasteiger partial charge is 0.321 e. The standard InChI is InChI=1S/C8H13N3O3S/c1-2-6-10-11-7(14-6)4-15-3-5(9)8(12)13/h5H,2-4,9H2,1H3,(H,12,13). The minimum absolute atomic E-state index is 0.333. The van der Waals surface area contributed by atoms with E-state index < -0.39 is 12.0 Å². The first kappa shape index (κ1) is 12.0. The van der Waals surface area contributed by atoms with Gasteiger partial charge in [-0.3, -0.25) is 4.79 Å². The zero-order valence-electron chi connectivity index (χ0n) is 8.34. The van der Waals surface area contributed by atoms with Crippen LogP contribution >= 0.6 is 11.8 Å². The molecule has 0 aliphatic heterocycles. The number of rotatable bonds is 6. The maximum absolute atomic E-state index is 10.4. The zero-order valence-corrected chi connectivity index (χ0v) is 9.16. The van der Waals surface area contributed by atoms with Crippen molar-refractivity contribution >= 4 is 17.7 Å². The zero-order chi connectivity index (χ0) is 11.3. The van der Waals surface area contributed by atoms with Gasteiger partial charge in [-0.2, -0.15) is 0 Å². The number of carboxylic acid groups (broad SMARTS) is 1. The highest BCUT2D eigenvalue weighted by atomic mass is 32.2. The Morgan fingerprint density at radius 3 is 2.80 bits per heavy atom. The van der Waals surface area contributed by atoms with Crippen molar-refractivity contribution in [2.75, 3.05) is 5.75 Å². The van der Waals surface area contributed by atoms with Gasteiger partial charge in [0.25, 0.3) is 0 Å². The molecule has 0 aliphatic carbocycles. The van der Waals surface area contributed by atoms with Crippen molar-refractivity contribution in [2.24, 2.45) is 5.73 Å². The van der Waals surface area contributed by atoms with E-state index in [1.807, 2.05) is 6.92 Å². The Hall–Kier alpha value is -1.08. The third-order valence-electron chi connectivity index (χ3n) is 1.65. The van der Waals surface area contributed by atoms with E-state index in [4.69, 9.17) is 15.3 Å². The predicted octanol–water partition coefficient (Wildman–Crippen LogP) is 0.277. The summed E-state index contributed by atoms with van der Waals surface area (Å²) in [6, 6.07) is -0.844. The molecule has 6 nitrogen and oxygen atoms in total. The van der Waals surface area contributed by atoms with Gasteiger partial charge in [-0.25, -0.2) is 0 Å².